The molecule has 5 atom stereocenters. The van der Waals surface area contributed by atoms with Gasteiger partial charge in [0.25, 0.3) is 11.8 Å². The molecule has 70 heavy (non-hydrogen) atoms. The summed E-state index contributed by atoms with van der Waals surface area (Å²) in [5.74, 6) is -3.83. The second-order valence-electron chi connectivity index (χ2n) is 20.6. The maximum absolute atomic E-state index is 14.0. The van der Waals surface area contributed by atoms with E-state index in [-0.39, 0.29) is 80.3 Å². The van der Waals surface area contributed by atoms with Crippen molar-refractivity contribution in [1.82, 2.24) is 9.80 Å². The number of allylic oxidation sites excluding steroid dienone is 8. The van der Waals surface area contributed by atoms with Gasteiger partial charge in [-0.1, -0.05) is 46.6 Å². The number of ether oxygens (including phenoxy) is 3. The van der Waals surface area contributed by atoms with E-state index < -0.39 is 59.7 Å². The summed E-state index contributed by atoms with van der Waals surface area (Å²) in [5, 5.41) is 53.4. The number of carbonyl (C=O) groups is 5. The first-order valence-electron chi connectivity index (χ1n) is 24.7. The molecule has 2 aromatic rings. The molecule has 4 aliphatic heterocycles. The topological polar surface area (TPSA) is 221 Å². The normalized spacial score (nSPS) is 22.0. The maximum atomic E-state index is 14.0. The van der Waals surface area contributed by atoms with Gasteiger partial charge in [-0.2, -0.15) is 0 Å². The van der Waals surface area contributed by atoms with Crippen molar-refractivity contribution in [3.63, 3.8) is 0 Å². The van der Waals surface area contributed by atoms with Gasteiger partial charge in [-0.15, -0.1) is 0 Å². The molecule has 5 N–H and O–H groups in total. The summed E-state index contributed by atoms with van der Waals surface area (Å²) in [6.45, 7) is 16.1. The standard InChI is InChI=1S/C55H72N2O13/c1-32(2)14-9-16-34(5)18-11-23-54(7)45(60)28-38-43(58)27-37-41(49(38)69-54)31-57(52(37)65)42(53(66)67)20-13-25-56-30-40-36(51(56)64)26-44(59)39-29-46(68-48(63)22-21-47(61)62)55(8,70-50(39)40)24-12-19-35(6)17-10-15-33(3)4/h14-15,18-19,26-27,42,45-46,58-60H,9-13,16-17,20-25,28-31H2,1-8H3,(H,61,62)(H,66,67)/b34-18+,35-19+/t42-,45-,46-,54+,55+/m0/s1. The van der Waals surface area contributed by atoms with E-state index in [0.717, 1.165) is 25.7 Å². The summed E-state index contributed by atoms with van der Waals surface area (Å²) in [7, 11) is 0. The monoisotopic (exact) mass is 969 g/mol. The van der Waals surface area contributed by atoms with Gasteiger partial charge in [-0.25, -0.2) is 4.79 Å². The molecular formula is C55H72N2O13. The second-order valence-corrected chi connectivity index (χ2v) is 20.6. The number of aliphatic carboxylic acids is 2. The molecule has 4 aliphatic rings. The first-order chi connectivity index (χ1) is 33.0. The molecule has 0 spiro atoms. The molecule has 0 fully saturated rings. The summed E-state index contributed by atoms with van der Waals surface area (Å²) in [6, 6.07) is 1.42. The molecule has 380 valence electrons. The van der Waals surface area contributed by atoms with Gasteiger partial charge in [0.1, 0.15) is 46.3 Å². The Kier molecular flexibility index (Phi) is 17.0. The van der Waals surface area contributed by atoms with Crippen LogP contribution in [0.25, 0.3) is 0 Å². The minimum Gasteiger partial charge on any atom is -0.508 e. The molecular weight excluding hydrogens is 897 g/mol. The molecule has 6 rings (SSSR count). The number of carbonyl (C=O) groups excluding carboxylic acids is 3. The van der Waals surface area contributed by atoms with Crippen LogP contribution >= 0.6 is 0 Å². The Bertz CT molecular complexity index is 2490. The third kappa shape index (κ3) is 12.3. The Morgan fingerprint density at radius 1 is 0.714 bits per heavy atom. The zero-order valence-corrected chi connectivity index (χ0v) is 42.1. The summed E-state index contributed by atoms with van der Waals surface area (Å²) < 4.78 is 19.1. The van der Waals surface area contributed by atoms with Gasteiger partial charge in [0, 0.05) is 41.6 Å². The van der Waals surface area contributed by atoms with E-state index in [4.69, 9.17) is 14.2 Å². The number of carboxylic acids is 2. The third-order valence-corrected chi connectivity index (χ3v) is 14.3. The zero-order valence-electron chi connectivity index (χ0n) is 42.1. The minimum atomic E-state index is -1.28. The van der Waals surface area contributed by atoms with E-state index in [1.54, 1.807) is 4.90 Å². The largest absolute Gasteiger partial charge is 0.508 e. The molecule has 2 aromatic carbocycles. The van der Waals surface area contributed by atoms with Crippen LogP contribution in [0, 0.1) is 0 Å². The van der Waals surface area contributed by atoms with Crippen LogP contribution in [0.2, 0.25) is 0 Å². The smallest absolute Gasteiger partial charge is 0.326 e. The highest BCUT2D eigenvalue weighted by Gasteiger charge is 2.48. The van der Waals surface area contributed by atoms with E-state index in [0.29, 0.717) is 59.4 Å². The Labute approximate surface area is 411 Å². The fourth-order valence-corrected chi connectivity index (χ4v) is 9.97. The molecule has 0 bridgehead atoms. The Morgan fingerprint density at radius 2 is 1.24 bits per heavy atom. The van der Waals surface area contributed by atoms with Crippen molar-refractivity contribution in [2.24, 2.45) is 0 Å². The lowest BCUT2D eigenvalue weighted by Crippen LogP contribution is -2.51. The number of esters is 1. The van der Waals surface area contributed by atoms with Crippen LogP contribution in [0.1, 0.15) is 175 Å². The van der Waals surface area contributed by atoms with Crippen LogP contribution < -0.4 is 9.47 Å². The average Bonchev–Trinajstić information content (AvgIpc) is 3.76. The number of nitrogens with zero attached hydrogens (tertiary/aromatic N) is 2. The number of amides is 2. The number of benzene rings is 2. The van der Waals surface area contributed by atoms with Crippen LogP contribution in [-0.2, 0) is 45.1 Å². The Morgan fingerprint density at radius 3 is 1.80 bits per heavy atom. The zero-order chi connectivity index (χ0) is 51.2. The number of aliphatic hydroxyl groups is 1. The number of aliphatic hydroxyl groups excluding tert-OH is 1. The molecule has 0 radical (unpaired) electrons. The summed E-state index contributed by atoms with van der Waals surface area (Å²) in [5.41, 5.74) is 4.86. The molecule has 15 heteroatoms. The average molecular weight is 969 g/mol. The van der Waals surface area contributed by atoms with Crippen LogP contribution in [0.5, 0.6) is 23.0 Å². The van der Waals surface area contributed by atoms with Gasteiger partial charge in [-0.05, 0) is 132 Å². The van der Waals surface area contributed by atoms with Gasteiger partial charge >= 0.3 is 17.9 Å². The third-order valence-electron chi connectivity index (χ3n) is 14.3. The fraction of sp³-hybridized carbons (Fsp3) is 0.545. The molecule has 0 aliphatic carbocycles. The highest BCUT2D eigenvalue weighted by atomic mass is 16.6. The molecule has 0 aromatic heterocycles. The highest BCUT2D eigenvalue weighted by Crippen LogP contribution is 2.49. The highest BCUT2D eigenvalue weighted by molar-refractivity contribution is 6.02. The van der Waals surface area contributed by atoms with Crippen molar-refractivity contribution in [1.29, 1.82) is 0 Å². The second kappa shape index (κ2) is 22.3. The van der Waals surface area contributed by atoms with Crippen molar-refractivity contribution in [2.75, 3.05) is 6.54 Å². The number of phenolic OH excluding ortho intramolecular Hbond substituents is 2. The van der Waals surface area contributed by atoms with Crippen molar-refractivity contribution < 1.29 is 63.7 Å². The van der Waals surface area contributed by atoms with E-state index in [1.807, 2.05) is 13.8 Å². The first kappa shape index (κ1) is 53.3. The Balaban J connectivity index is 1.15. The molecule has 2 amide bonds. The lowest BCUT2D eigenvalue weighted by molar-refractivity contribution is -0.165. The van der Waals surface area contributed by atoms with E-state index in [9.17, 15) is 49.5 Å². The lowest BCUT2D eigenvalue weighted by atomic mass is 9.83. The number of fused-ring (bicyclic) bond motifs is 6. The van der Waals surface area contributed by atoms with Crippen molar-refractivity contribution in [3.8, 4) is 23.0 Å². The number of carboxylic acid groups (broad SMARTS) is 2. The number of rotatable bonds is 22. The van der Waals surface area contributed by atoms with Crippen molar-refractivity contribution in [2.45, 2.75) is 188 Å². The quantitative estimate of drug-likeness (QED) is 0.0549. The molecule has 0 saturated heterocycles. The lowest BCUT2D eigenvalue weighted by Gasteiger charge is -2.42. The van der Waals surface area contributed by atoms with Crippen LogP contribution in [0.4, 0.5) is 0 Å². The van der Waals surface area contributed by atoms with Gasteiger partial charge in [-0.3, -0.25) is 19.2 Å². The van der Waals surface area contributed by atoms with Crippen molar-refractivity contribution in [3.05, 3.63) is 92.1 Å². The number of hydrogen-bond donors (Lipinski definition) is 5. The number of aromatic hydroxyl groups is 2. The van der Waals surface area contributed by atoms with Crippen LogP contribution in [0.15, 0.2) is 58.7 Å². The van der Waals surface area contributed by atoms with Gasteiger partial charge < -0.3 is 49.5 Å². The van der Waals surface area contributed by atoms with Gasteiger partial charge in [0.2, 0.25) is 0 Å². The first-order valence-corrected chi connectivity index (χ1v) is 24.7. The van der Waals surface area contributed by atoms with E-state index in [2.05, 4.69) is 65.8 Å². The van der Waals surface area contributed by atoms with E-state index >= 15 is 0 Å². The summed E-state index contributed by atoms with van der Waals surface area (Å²) in [4.78, 5) is 67.8. The number of phenols is 2. The molecule has 0 unspecified atom stereocenters. The SMILES string of the molecule is CC(C)=CCC/C(C)=C/CC[C@@]1(C)Oc2c(c(O)cc3c2CN(CCC[C@@H](C(=O)O)N2Cc4c(cc(O)c5c4O[C@](C)(CC/C=C(\C)CCC=C(C)C)[C@@H](O)C5)C2=O)C3=O)C[C@@H]1OC(=O)CCC(=O)O. The summed E-state index contributed by atoms with van der Waals surface area (Å²) in [6.07, 6.45) is 12.2. The molecule has 0 saturated carbocycles. The van der Waals surface area contributed by atoms with E-state index in [1.165, 1.54) is 39.3 Å². The molecule has 4 heterocycles. The predicted molar refractivity (Wildman–Crippen MR) is 263 cm³/mol. The van der Waals surface area contributed by atoms with Gasteiger partial charge in [0.15, 0.2) is 0 Å². The van der Waals surface area contributed by atoms with Gasteiger partial charge in [0.05, 0.1) is 43.2 Å². The van der Waals surface area contributed by atoms with Crippen LogP contribution in [0.3, 0.4) is 0 Å². The number of hydrogen-bond acceptors (Lipinski definition) is 11. The minimum absolute atomic E-state index is 0.00588. The summed E-state index contributed by atoms with van der Waals surface area (Å²) >= 11 is 0. The van der Waals surface area contributed by atoms with Crippen molar-refractivity contribution >= 4 is 29.7 Å². The fourth-order valence-electron chi connectivity index (χ4n) is 9.97. The Hall–Kier alpha value is -6.09. The van der Waals surface area contributed by atoms with Crippen LogP contribution in [-0.4, -0.2) is 101 Å². The molecule has 15 nitrogen and oxygen atoms in total. The maximum Gasteiger partial charge on any atom is 0.326 e. The predicted octanol–water partition coefficient (Wildman–Crippen LogP) is 9.41.